The van der Waals surface area contributed by atoms with Gasteiger partial charge in [0.15, 0.2) is 0 Å². The van der Waals surface area contributed by atoms with Gasteiger partial charge in [0.25, 0.3) is 5.91 Å². The van der Waals surface area contributed by atoms with Crippen LogP contribution in [0.5, 0.6) is 0 Å². The molecule has 0 unspecified atom stereocenters. The van der Waals surface area contributed by atoms with Gasteiger partial charge in [0, 0.05) is 16.4 Å². The van der Waals surface area contributed by atoms with Gasteiger partial charge in [0.2, 0.25) is 0 Å². The topological polar surface area (TPSA) is 42.0 Å². The number of benzene rings is 1. The molecule has 2 rings (SSSR count). The van der Waals surface area contributed by atoms with Crippen LogP contribution < -0.4 is 5.32 Å². The molecule has 0 saturated carbocycles. The Morgan fingerprint density at radius 3 is 2.52 bits per heavy atom. The van der Waals surface area contributed by atoms with Crippen LogP contribution in [0.25, 0.3) is 0 Å². The number of carbonyl (C=O) groups excluding carboxylic acids is 1. The van der Waals surface area contributed by atoms with Crippen molar-refractivity contribution in [2.75, 3.05) is 5.32 Å². The van der Waals surface area contributed by atoms with Crippen molar-refractivity contribution < 1.29 is 18.0 Å². The van der Waals surface area contributed by atoms with Gasteiger partial charge in [-0.2, -0.15) is 13.2 Å². The molecule has 0 spiro atoms. The zero-order valence-corrected chi connectivity index (χ0v) is 12.6. The van der Waals surface area contributed by atoms with E-state index in [9.17, 15) is 18.0 Å². The first-order valence-corrected chi connectivity index (χ1v) is 6.74. The van der Waals surface area contributed by atoms with Gasteiger partial charge >= 0.3 is 6.18 Å². The van der Waals surface area contributed by atoms with E-state index >= 15 is 0 Å². The van der Waals surface area contributed by atoms with Gasteiger partial charge in [-0.05, 0) is 46.3 Å². The van der Waals surface area contributed by atoms with E-state index < -0.39 is 22.7 Å². The number of pyridine rings is 1. The van der Waals surface area contributed by atoms with Crippen molar-refractivity contribution in [1.29, 1.82) is 0 Å². The van der Waals surface area contributed by atoms with Crippen molar-refractivity contribution in [1.82, 2.24) is 4.98 Å². The fourth-order valence-electron chi connectivity index (χ4n) is 1.53. The predicted molar refractivity (Wildman–Crippen MR) is 76.3 cm³/mol. The molecule has 0 saturated heterocycles. The van der Waals surface area contributed by atoms with Crippen LogP contribution >= 0.6 is 27.5 Å². The van der Waals surface area contributed by atoms with Crippen molar-refractivity contribution in [2.24, 2.45) is 0 Å². The van der Waals surface area contributed by atoms with Gasteiger partial charge in [-0.25, -0.2) is 4.98 Å². The minimum atomic E-state index is -4.59. The number of carbonyl (C=O) groups is 1. The average molecular weight is 380 g/mol. The quantitative estimate of drug-likeness (QED) is 0.817. The monoisotopic (exact) mass is 378 g/mol. The number of aromatic nitrogens is 1. The van der Waals surface area contributed by atoms with Crippen LogP contribution in [0.2, 0.25) is 5.02 Å². The highest BCUT2D eigenvalue weighted by Gasteiger charge is 2.33. The maximum atomic E-state index is 12.7. The van der Waals surface area contributed by atoms with Crippen LogP contribution in [0, 0.1) is 0 Å². The summed E-state index contributed by atoms with van der Waals surface area (Å²) < 4.78 is 38.8. The fourth-order valence-corrected chi connectivity index (χ4v) is 1.98. The minimum Gasteiger partial charge on any atom is -0.321 e. The van der Waals surface area contributed by atoms with E-state index in [2.05, 4.69) is 26.2 Å². The van der Waals surface area contributed by atoms with E-state index in [1.54, 1.807) is 6.07 Å². The number of alkyl halides is 3. The number of amides is 1. The van der Waals surface area contributed by atoms with Crippen LogP contribution in [0.4, 0.5) is 18.9 Å². The molecule has 0 aliphatic heterocycles. The summed E-state index contributed by atoms with van der Waals surface area (Å²) in [4.78, 5) is 15.7. The minimum absolute atomic E-state index is 0.0126. The molecule has 110 valence electrons. The molecular weight excluding hydrogens is 373 g/mol. The summed E-state index contributed by atoms with van der Waals surface area (Å²) in [5.74, 6) is -0.613. The van der Waals surface area contributed by atoms with Crippen molar-refractivity contribution in [3.05, 3.63) is 57.3 Å². The molecule has 2 aromatic rings. The Morgan fingerprint density at radius 2 is 1.95 bits per heavy atom. The molecule has 3 nitrogen and oxygen atoms in total. The number of nitrogens with zero attached hydrogens (tertiary/aromatic N) is 1. The summed E-state index contributed by atoms with van der Waals surface area (Å²) in [5.41, 5.74) is -0.936. The Morgan fingerprint density at radius 1 is 1.24 bits per heavy atom. The average Bonchev–Trinajstić information content (AvgIpc) is 2.40. The Kier molecular flexibility index (Phi) is 4.53. The van der Waals surface area contributed by atoms with Gasteiger partial charge in [0.1, 0.15) is 5.69 Å². The number of nitrogens with one attached hydrogen (secondary N) is 1. The number of halogens is 5. The van der Waals surface area contributed by atoms with Gasteiger partial charge < -0.3 is 5.32 Å². The molecule has 0 aliphatic rings. The molecule has 8 heteroatoms. The molecule has 0 bridgehead atoms. The van der Waals surface area contributed by atoms with Crippen molar-refractivity contribution in [3.8, 4) is 0 Å². The molecule has 0 aliphatic carbocycles. The molecule has 1 heterocycles. The molecule has 0 radical (unpaired) electrons. The van der Waals surface area contributed by atoms with Crippen LogP contribution in [0.1, 0.15) is 16.1 Å². The van der Waals surface area contributed by atoms with E-state index in [0.717, 1.165) is 12.1 Å². The second-order valence-electron chi connectivity index (χ2n) is 4.01. The van der Waals surface area contributed by atoms with E-state index in [1.807, 2.05) is 0 Å². The Balaban J connectivity index is 2.24. The first-order valence-electron chi connectivity index (χ1n) is 5.57. The normalized spacial score (nSPS) is 11.3. The highest BCUT2D eigenvalue weighted by molar-refractivity contribution is 9.10. The van der Waals surface area contributed by atoms with Crippen LogP contribution in [0.3, 0.4) is 0 Å². The third-order valence-corrected chi connectivity index (χ3v) is 3.29. The van der Waals surface area contributed by atoms with Crippen LogP contribution in [0.15, 0.2) is 41.0 Å². The number of rotatable bonds is 2. The summed E-state index contributed by atoms with van der Waals surface area (Å²) in [6.07, 6.45) is -3.17. The smallest absolute Gasteiger partial charge is 0.321 e. The summed E-state index contributed by atoms with van der Waals surface area (Å²) in [6.45, 7) is 0. The molecule has 1 N–H and O–H groups in total. The molecular formula is C13H7BrClF3N2O. The molecule has 1 amide bonds. The van der Waals surface area contributed by atoms with Gasteiger partial charge in [0.05, 0.1) is 10.6 Å². The molecule has 0 atom stereocenters. The first-order chi connectivity index (χ1) is 9.77. The van der Waals surface area contributed by atoms with Gasteiger partial charge in [-0.3, -0.25) is 4.79 Å². The van der Waals surface area contributed by atoms with Crippen LogP contribution in [-0.4, -0.2) is 10.9 Å². The SMILES string of the molecule is O=C(Nc1ccc(Cl)c(C(F)(F)F)c1)c1ccc(Br)cn1. The lowest BCUT2D eigenvalue weighted by molar-refractivity contribution is -0.137. The maximum absolute atomic E-state index is 12.7. The zero-order chi connectivity index (χ0) is 15.6. The highest BCUT2D eigenvalue weighted by Crippen LogP contribution is 2.36. The highest BCUT2D eigenvalue weighted by atomic mass is 79.9. The number of hydrogen-bond acceptors (Lipinski definition) is 2. The predicted octanol–water partition coefficient (Wildman–Crippen LogP) is 4.77. The fraction of sp³-hybridized carbons (Fsp3) is 0.0769. The third kappa shape index (κ3) is 3.95. The maximum Gasteiger partial charge on any atom is 0.417 e. The summed E-state index contributed by atoms with van der Waals surface area (Å²) in [5, 5.41) is 1.91. The van der Waals surface area contributed by atoms with Crippen molar-refractivity contribution >= 4 is 39.1 Å². The lowest BCUT2D eigenvalue weighted by Gasteiger charge is -2.11. The Bertz CT molecular complexity index is 674. The summed E-state index contributed by atoms with van der Waals surface area (Å²) >= 11 is 8.67. The number of anilines is 1. The second-order valence-corrected chi connectivity index (χ2v) is 5.33. The third-order valence-electron chi connectivity index (χ3n) is 2.49. The van der Waals surface area contributed by atoms with Gasteiger partial charge in [-0.15, -0.1) is 0 Å². The van der Waals surface area contributed by atoms with E-state index in [4.69, 9.17) is 11.6 Å². The molecule has 1 aromatic heterocycles. The van der Waals surface area contributed by atoms with E-state index in [1.165, 1.54) is 18.3 Å². The largest absolute Gasteiger partial charge is 0.417 e. The first kappa shape index (κ1) is 15.8. The number of hydrogen-bond donors (Lipinski definition) is 1. The van der Waals surface area contributed by atoms with Gasteiger partial charge in [-0.1, -0.05) is 11.6 Å². The standard InChI is InChI=1S/C13H7BrClF3N2O/c14-7-1-4-11(19-6-7)12(21)20-8-2-3-10(15)9(5-8)13(16,17)18/h1-6H,(H,20,21). The van der Waals surface area contributed by atoms with Crippen molar-refractivity contribution in [2.45, 2.75) is 6.18 Å². The molecule has 21 heavy (non-hydrogen) atoms. The Hall–Kier alpha value is -1.60. The lowest BCUT2D eigenvalue weighted by atomic mass is 10.2. The summed E-state index contributed by atoms with van der Waals surface area (Å²) in [6, 6.07) is 6.19. The summed E-state index contributed by atoms with van der Waals surface area (Å²) in [7, 11) is 0. The second kappa shape index (κ2) is 6.03. The van der Waals surface area contributed by atoms with E-state index in [-0.39, 0.29) is 11.4 Å². The molecule has 0 fully saturated rings. The Labute approximate surface area is 131 Å². The zero-order valence-electron chi connectivity index (χ0n) is 10.2. The van der Waals surface area contributed by atoms with Crippen molar-refractivity contribution in [3.63, 3.8) is 0 Å². The van der Waals surface area contributed by atoms with Crippen LogP contribution in [-0.2, 0) is 6.18 Å². The lowest BCUT2D eigenvalue weighted by Crippen LogP contribution is -2.14. The molecule has 1 aromatic carbocycles. The van der Waals surface area contributed by atoms with E-state index in [0.29, 0.717) is 4.47 Å².